The number of amides is 2. The molecule has 0 saturated heterocycles. The van der Waals surface area contributed by atoms with Crippen molar-refractivity contribution in [2.75, 3.05) is 10.6 Å². The van der Waals surface area contributed by atoms with E-state index in [9.17, 15) is 9.59 Å². The quantitative estimate of drug-likeness (QED) is 0.598. The van der Waals surface area contributed by atoms with E-state index in [1.54, 1.807) is 18.2 Å². The number of hydrogen-bond donors (Lipinski definition) is 2. The fraction of sp³-hybridized carbons (Fsp3) is 0.0588. The minimum atomic E-state index is -0.188. The molecule has 112 valence electrons. The van der Waals surface area contributed by atoms with Crippen LogP contribution in [-0.2, 0) is 9.59 Å². The number of hydrogen-bond acceptors (Lipinski definition) is 2. The van der Waals surface area contributed by atoms with Gasteiger partial charge in [-0.15, -0.1) is 0 Å². The lowest BCUT2D eigenvalue weighted by atomic mass is 10.2. The highest BCUT2D eigenvalue weighted by Gasteiger charge is 1.98. The molecule has 5 heteroatoms. The molecule has 2 aromatic carbocycles. The number of nitrogens with one attached hydrogen (secondary N) is 2. The first kappa shape index (κ1) is 16.2. The highest BCUT2D eigenvalue weighted by atomic mass is 127. The summed E-state index contributed by atoms with van der Waals surface area (Å²) in [5, 5.41) is 5.48. The van der Waals surface area contributed by atoms with Gasteiger partial charge in [-0.2, -0.15) is 0 Å². The maximum atomic E-state index is 11.8. The van der Waals surface area contributed by atoms with E-state index in [1.807, 2.05) is 36.4 Å². The third kappa shape index (κ3) is 5.33. The number of halogens is 1. The summed E-state index contributed by atoms with van der Waals surface area (Å²) in [5.74, 6) is -0.299. The van der Waals surface area contributed by atoms with Crippen LogP contribution in [0.2, 0.25) is 0 Å². The zero-order chi connectivity index (χ0) is 15.9. The van der Waals surface area contributed by atoms with E-state index in [2.05, 4.69) is 33.2 Å². The molecular formula is C17H15IN2O2. The summed E-state index contributed by atoms with van der Waals surface area (Å²) in [5.41, 5.74) is 2.37. The van der Waals surface area contributed by atoms with Crippen molar-refractivity contribution in [3.63, 3.8) is 0 Å². The normalized spacial score (nSPS) is 10.5. The maximum absolute atomic E-state index is 11.8. The largest absolute Gasteiger partial charge is 0.326 e. The summed E-state index contributed by atoms with van der Waals surface area (Å²) in [4.78, 5) is 22.8. The lowest BCUT2D eigenvalue weighted by molar-refractivity contribution is -0.114. The number of benzene rings is 2. The predicted molar refractivity (Wildman–Crippen MR) is 97.6 cm³/mol. The van der Waals surface area contributed by atoms with Gasteiger partial charge in [0.1, 0.15) is 0 Å². The van der Waals surface area contributed by atoms with Gasteiger partial charge in [-0.05, 0) is 70.6 Å². The summed E-state index contributed by atoms with van der Waals surface area (Å²) < 4.78 is 1.12. The summed E-state index contributed by atoms with van der Waals surface area (Å²) in [6.45, 7) is 1.46. The first-order valence-corrected chi connectivity index (χ1v) is 7.73. The Morgan fingerprint density at radius 1 is 0.909 bits per heavy atom. The molecular weight excluding hydrogens is 391 g/mol. The molecule has 2 aromatic rings. The van der Waals surface area contributed by atoms with Crippen LogP contribution in [0.15, 0.2) is 54.6 Å². The lowest BCUT2D eigenvalue weighted by Gasteiger charge is -2.03. The molecule has 2 N–H and O–H groups in total. The van der Waals surface area contributed by atoms with Crippen LogP contribution in [0.3, 0.4) is 0 Å². The van der Waals surface area contributed by atoms with Crippen LogP contribution < -0.4 is 10.6 Å². The predicted octanol–water partition coefficient (Wildman–Crippen LogP) is 3.90. The SMILES string of the molecule is CC(=O)Nc1ccc(/C=C/C(=O)Nc2ccc(I)cc2)cc1. The maximum Gasteiger partial charge on any atom is 0.248 e. The molecule has 0 heterocycles. The van der Waals surface area contributed by atoms with Gasteiger partial charge in [0.2, 0.25) is 11.8 Å². The molecule has 0 spiro atoms. The number of rotatable bonds is 4. The zero-order valence-electron chi connectivity index (χ0n) is 12.0. The molecule has 0 radical (unpaired) electrons. The van der Waals surface area contributed by atoms with Crippen molar-refractivity contribution in [3.8, 4) is 0 Å². The molecule has 0 aliphatic rings. The Labute approximate surface area is 142 Å². The molecule has 0 aliphatic carbocycles. The van der Waals surface area contributed by atoms with Gasteiger partial charge in [0.05, 0.1) is 0 Å². The first-order chi connectivity index (χ1) is 10.5. The highest BCUT2D eigenvalue weighted by Crippen LogP contribution is 2.12. The van der Waals surface area contributed by atoms with Crippen molar-refractivity contribution >= 4 is 51.9 Å². The van der Waals surface area contributed by atoms with Crippen LogP contribution in [0, 0.1) is 3.57 Å². The summed E-state index contributed by atoms with van der Waals surface area (Å²) in [6.07, 6.45) is 3.20. The van der Waals surface area contributed by atoms with Crippen LogP contribution in [0.4, 0.5) is 11.4 Å². The van der Waals surface area contributed by atoms with Crippen molar-refractivity contribution in [1.29, 1.82) is 0 Å². The summed E-state index contributed by atoms with van der Waals surface area (Å²) in [7, 11) is 0. The van der Waals surface area contributed by atoms with E-state index in [1.165, 1.54) is 13.0 Å². The Kier molecular flexibility index (Phi) is 5.71. The lowest BCUT2D eigenvalue weighted by Crippen LogP contribution is -2.07. The van der Waals surface area contributed by atoms with Crippen LogP contribution in [0.1, 0.15) is 12.5 Å². The van der Waals surface area contributed by atoms with Crippen LogP contribution >= 0.6 is 22.6 Å². The molecule has 2 rings (SSSR count). The average Bonchev–Trinajstić information content (AvgIpc) is 2.48. The molecule has 0 fully saturated rings. The minimum absolute atomic E-state index is 0.111. The Balaban J connectivity index is 1.94. The van der Waals surface area contributed by atoms with E-state index in [4.69, 9.17) is 0 Å². The van der Waals surface area contributed by atoms with Crippen molar-refractivity contribution < 1.29 is 9.59 Å². The smallest absolute Gasteiger partial charge is 0.248 e. The van der Waals surface area contributed by atoms with Gasteiger partial charge in [-0.1, -0.05) is 12.1 Å². The fourth-order valence-electron chi connectivity index (χ4n) is 1.77. The molecule has 0 saturated carbocycles. The molecule has 0 atom stereocenters. The average molecular weight is 406 g/mol. The summed E-state index contributed by atoms with van der Waals surface area (Å²) in [6, 6.07) is 14.8. The second-order valence-corrected chi connectivity index (χ2v) is 5.88. The van der Waals surface area contributed by atoms with Crippen molar-refractivity contribution in [1.82, 2.24) is 0 Å². The molecule has 0 aliphatic heterocycles. The Morgan fingerprint density at radius 3 is 2.05 bits per heavy atom. The molecule has 4 nitrogen and oxygen atoms in total. The molecule has 0 bridgehead atoms. The molecule has 0 aromatic heterocycles. The van der Waals surface area contributed by atoms with Gasteiger partial charge in [-0.25, -0.2) is 0 Å². The number of anilines is 2. The number of carbonyl (C=O) groups is 2. The highest BCUT2D eigenvalue weighted by molar-refractivity contribution is 14.1. The fourth-order valence-corrected chi connectivity index (χ4v) is 2.13. The molecule has 0 unspecified atom stereocenters. The van der Waals surface area contributed by atoms with Gasteiger partial charge in [-0.3, -0.25) is 9.59 Å². The van der Waals surface area contributed by atoms with Crippen molar-refractivity contribution in [3.05, 3.63) is 63.7 Å². The van der Waals surface area contributed by atoms with Crippen LogP contribution in [0.5, 0.6) is 0 Å². The second kappa shape index (κ2) is 7.74. The van der Waals surface area contributed by atoms with E-state index in [-0.39, 0.29) is 11.8 Å². The number of carbonyl (C=O) groups excluding carboxylic acids is 2. The standard InChI is InChI=1S/C17H15IN2O2/c1-12(21)19-15-7-2-13(3-8-15)4-11-17(22)20-16-9-5-14(18)6-10-16/h2-11H,1H3,(H,19,21)(H,20,22)/b11-4+. The van der Waals surface area contributed by atoms with Crippen molar-refractivity contribution in [2.45, 2.75) is 6.92 Å². The monoisotopic (exact) mass is 406 g/mol. The Bertz CT molecular complexity index is 692. The van der Waals surface area contributed by atoms with Gasteiger partial charge < -0.3 is 10.6 Å². The van der Waals surface area contributed by atoms with Gasteiger partial charge in [0.15, 0.2) is 0 Å². The third-order valence-corrected chi connectivity index (χ3v) is 3.49. The molecule has 2 amide bonds. The Morgan fingerprint density at radius 2 is 1.45 bits per heavy atom. The van der Waals surface area contributed by atoms with E-state index < -0.39 is 0 Å². The third-order valence-electron chi connectivity index (χ3n) is 2.77. The van der Waals surface area contributed by atoms with Gasteiger partial charge in [0.25, 0.3) is 0 Å². The van der Waals surface area contributed by atoms with E-state index in [0.29, 0.717) is 0 Å². The molecule has 22 heavy (non-hydrogen) atoms. The Hall–Kier alpha value is -2.15. The van der Waals surface area contributed by atoms with Crippen LogP contribution in [0.25, 0.3) is 6.08 Å². The van der Waals surface area contributed by atoms with E-state index >= 15 is 0 Å². The first-order valence-electron chi connectivity index (χ1n) is 6.65. The van der Waals surface area contributed by atoms with Gasteiger partial charge in [0, 0.05) is 27.9 Å². The van der Waals surface area contributed by atoms with Crippen LogP contribution in [-0.4, -0.2) is 11.8 Å². The zero-order valence-corrected chi connectivity index (χ0v) is 14.1. The minimum Gasteiger partial charge on any atom is -0.326 e. The van der Waals surface area contributed by atoms with Crippen molar-refractivity contribution in [2.24, 2.45) is 0 Å². The van der Waals surface area contributed by atoms with Gasteiger partial charge >= 0.3 is 0 Å². The van der Waals surface area contributed by atoms with E-state index in [0.717, 1.165) is 20.5 Å². The topological polar surface area (TPSA) is 58.2 Å². The second-order valence-electron chi connectivity index (χ2n) is 4.63. The summed E-state index contributed by atoms with van der Waals surface area (Å²) >= 11 is 2.21.